The summed E-state index contributed by atoms with van der Waals surface area (Å²) in [6.45, 7) is 9.83. The highest BCUT2D eigenvalue weighted by atomic mass is 16.5. The fourth-order valence-electron chi connectivity index (χ4n) is 2.66. The third-order valence-corrected chi connectivity index (χ3v) is 3.74. The van der Waals surface area contributed by atoms with E-state index < -0.39 is 0 Å². The quantitative estimate of drug-likeness (QED) is 0.836. The predicted molar refractivity (Wildman–Crippen MR) is 86.4 cm³/mol. The van der Waals surface area contributed by atoms with Gasteiger partial charge in [0.15, 0.2) is 11.5 Å². The lowest BCUT2D eigenvalue weighted by atomic mass is 10.1. The molecule has 21 heavy (non-hydrogen) atoms. The molecule has 1 aromatic rings. The van der Waals surface area contributed by atoms with Crippen LogP contribution in [0.15, 0.2) is 18.2 Å². The maximum absolute atomic E-state index is 5.83. The van der Waals surface area contributed by atoms with Crippen molar-refractivity contribution >= 4 is 0 Å². The molecule has 1 heterocycles. The summed E-state index contributed by atoms with van der Waals surface area (Å²) in [7, 11) is 1.69. The van der Waals surface area contributed by atoms with E-state index in [1.54, 1.807) is 7.11 Å². The minimum Gasteiger partial charge on any atom is -0.493 e. The van der Waals surface area contributed by atoms with Crippen molar-refractivity contribution in [3.05, 3.63) is 23.8 Å². The lowest BCUT2D eigenvalue weighted by Gasteiger charge is -2.27. The number of nitrogens with zero attached hydrogens (tertiary/aromatic N) is 1. The average Bonchev–Trinajstić information content (AvgIpc) is 2.48. The largest absolute Gasteiger partial charge is 0.493 e. The Hall–Kier alpha value is -1.26. The maximum Gasteiger partial charge on any atom is 0.161 e. The van der Waals surface area contributed by atoms with Gasteiger partial charge in [-0.3, -0.25) is 0 Å². The number of rotatable bonds is 7. The van der Waals surface area contributed by atoms with Gasteiger partial charge < -0.3 is 19.7 Å². The molecule has 0 unspecified atom stereocenters. The molecule has 0 aromatic heterocycles. The Bertz CT molecular complexity index is 429. The van der Waals surface area contributed by atoms with Gasteiger partial charge in [-0.25, -0.2) is 0 Å². The predicted octanol–water partition coefficient (Wildman–Crippen LogP) is 2.32. The molecular formula is C17H28N2O2. The normalized spacial score (nSPS) is 16.2. The van der Waals surface area contributed by atoms with E-state index in [0.29, 0.717) is 0 Å². The molecule has 0 bridgehead atoms. The second-order valence-corrected chi connectivity index (χ2v) is 5.85. The van der Waals surface area contributed by atoms with Gasteiger partial charge in [-0.05, 0) is 50.9 Å². The lowest BCUT2D eigenvalue weighted by molar-refractivity contribution is 0.229. The van der Waals surface area contributed by atoms with E-state index in [1.807, 2.05) is 19.9 Å². The van der Waals surface area contributed by atoms with Gasteiger partial charge in [0.25, 0.3) is 0 Å². The number of methoxy groups -OCH3 is 1. The van der Waals surface area contributed by atoms with Gasteiger partial charge in [-0.2, -0.15) is 0 Å². The topological polar surface area (TPSA) is 33.7 Å². The minimum absolute atomic E-state index is 0.162. The SMILES string of the molecule is COc1ccc(CCCN2CCNCC2)cc1OC(C)C. The highest BCUT2D eigenvalue weighted by Gasteiger charge is 2.10. The van der Waals surface area contributed by atoms with E-state index in [1.165, 1.54) is 31.6 Å². The van der Waals surface area contributed by atoms with Crippen LogP contribution in [0.3, 0.4) is 0 Å². The summed E-state index contributed by atoms with van der Waals surface area (Å²) in [5.74, 6) is 1.67. The Balaban J connectivity index is 1.87. The van der Waals surface area contributed by atoms with Crippen molar-refractivity contribution in [3.8, 4) is 11.5 Å². The second kappa shape index (κ2) is 8.25. The number of aryl methyl sites for hydroxylation is 1. The smallest absolute Gasteiger partial charge is 0.161 e. The van der Waals surface area contributed by atoms with Crippen molar-refractivity contribution in [2.75, 3.05) is 39.8 Å². The van der Waals surface area contributed by atoms with E-state index in [4.69, 9.17) is 9.47 Å². The summed E-state index contributed by atoms with van der Waals surface area (Å²) < 4.78 is 11.2. The van der Waals surface area contributed by atoms with Gasteiger partial charge in [0.05, 0.1) is 13.2 Å². The van der Waals surface area contributed by atoms with Gasteiger partial charge in [0.2, 0.25) is 0 Å². The zero-order valence-corrected chi connectivity index (χ0v) is 13.5. The van der Waals surface area contributed by atoms with Crippen molar-refractivity contribution in [3.63, 3.8) is 0 Å². The van der Waals surface area contributed by atoms with Crippen molar-refractivity contribution in [1.29, 1.82) is 0 Å². The van der Waals surface area contributed by atoms with E-state index in [9.17, 15) is 0 Å². The van der Waals surface area contributed by atoms with Crippen LogP contribution in [-0.2, 0) is 6.42 Å². The zero-order valence-electron chi connectivity index (χ0n) is 13.5. The van der Waals surface area contributed by atoms with E-state index in [-0.39, 0.29) is 6.10 Å². The average molecular weight is 292 g/mol. The van der Waals surface area contributed by atoms with Crippen LogP contribution in [0.5, 0.6) is 11.5 Å². The molecule has 0 spiro atoms. The van der Waals surface area contributed by atoms with Gasteiger partial charge in [0, 0.05) is 26.2 Å². The van der Waals surface area contributed by atoms with Gasteiger partial charge >= 0.3 is 0 Å². The summed E-state index contributed by atoms with van der Waals surface area (Å²) in [5.41, 5.74) is 1.32. The van der Waals surface area contributed by atoms with Gasteiger partial charge in [-0.15, -0.1) is 0 Å². The van der Waals surface area contributed by atoms with E-state index in [0.717, 1.165) is 31.0 Å². The monoisotopic (exact) mass is 292 g/mol. The van der Waals surface area contributed by atoms with Crippen molar-refractivity contribution in [2.24, 2.45) is 0 Å². The molecule has 1 saturated heterocycles. The lowest BCUT2D eigenvalue weighted by Crippen LogP contribution is -2.43. The van der Waals surface area contributed by atoms with Crippen LogP contribution in [-0.4, -0.2) is 50.8 Å². The van der Waals surface area contributed by atoms with Crippen LogP contribution < -0.4 is 14.8 Å². The Kier molecular flexibility index (Phi) is 6.33. The molecule has 0 saturated carbocycles. The molecule has 0 amide bonds. The number of benzene rings is 1. The van der Waals surface area contributed by atoms with Crippen molar-refractivity contribution in [2.45, 2.75) is 32.8 Å². The molecule has 1 aliphatic rings. The van der Waals surface area contributed by atoms with E-state index in [2.05, 4.69) is 22.3 Å². The van der Waals surface area contributed by atoms with Crippen LogP contribution in [0, 0.1) is 0 Å². The van der Waals surface area contributed by atoms with Crippen LogP contribution in [0.25, 0.3) is 0 Å². The molecular weight excluding hydrogens is 264 g/mol. The summed E-state index contributed by atoms with van der Waals surface area (Å²) in [6.07, 6.45) is 2.44. The van der Waals surface area contributed by atoms with Crippen LogP contribution in [0.2, 0.25) is 0 Å². The van der Waals surface area contributed by atoms with E-state index >= 15 is 0 Å². The first-order valence-electron chi connectivity index (χ1n) is 7.95. The van der Waals surface area contributed by atoms with Crippen molar-refractivity contribution < 1.29 is 9.47 Å². The van der Waals surface area contributed by atoms with Crippen LogP contribution >= 0.6 is 0 Å². The molecule has 4 nitrogen and oxygen atoms in total. The highest BCUT2D eigenvalue weighted by molar-refractivity contribution is 5.43. The number of hydrogen-bond acceptors (Lipinski definition) is 4. The molecule has 118 valence electrons. The highest BCUT2D eigenvalue weighted by Crippen LogP contribution is 2.29. The first kappa shape index (κ1) is 16.1. The Morgan fingerprint density at radius 2 is 1.95 bits per heavy atom. The number of piperazine rings is 1. The Morgan fingerprint density at radius 3 is 2.62 bits per heavy atom. The van der Waals surface area contributed by atoms with Crippen LogP contribution in [0.4, 0.5) is 0 Å². The standard InChI is InChI=1S/C17H28N2O2/c1-14(2)21-17-13-15(6-7-16(17)20-3)5-4-10-19-11-8-18-9-12-19/h6-7,13-14,18H,4-5,8-12H2,1-3H3. The molecule has 1 aliphatic heterocycles. The molecule has 2 rings (SSSR count). The first-order valence-corrected chi connectivity index (χ1v) is 7.95. The fourth-order valence-corrected chi connectivity index (χ4v) is 2.66. The second-order valence-electron chi connectivity index (χ2n) is 5.85. The van der Waals surface area contributed by atoms with Gasteiger partial charge in [-0.1, -0.05) is 6.07 Å². The molecule has 1 N–H and O–H groups in total. The summed E-state index contributed by atoms with van der Waals surface area (Å²) in [5, 5.41) is 3.39. The Morgan fingerprint density at radius 1 is 1.19 bits per heavy atom. The summed E-state index contributed by atoms with van der Waals surface area (Å²) in [6, 6.07) is 6.28. The minimum atomic E-state index is 0.162. The van der Waals surface area contributed by atoms with Crippen molar-refractivity contribution in [1.82, 2.24) is 10.2 Å². The van der Waals surface area contributed by atoms with Crippen LogP contribution in [0.1, 0.15) is 25.8 Å². The third kappa shape index (κ3) is 5.21. The summed E-state index contributed by atoms with van der Waals surface area (Å²) >= 11 is 0. The number of hydrogen-bond donors (Lipinski definition) is 1. The molecule has 0 radical (unpaired) electrons. The summed E-state index contributed by atoms with van der Waals surface area (Å²) in [4.78, 5) is 2.53. The Labute approximate surface area is 128 Å². The number of nitrogens with one attached hydrogen (secondary N) is 1. The molecule has 0 aliphatic carbocycles. The molecule has 0 atom stereocenters. The fraction of sp³-hybridized carbons (Fsp3) is 0.647. The molecule has 4 heteroatoms. The molecule has 1 fully saturated rings. The first-order chi connectivity index (χ1) is 10.2. The zero-order chi connectivity index (χ0) is 15.1. The third-order valence-electron chi connectivity index (χ3n) is 3.74. The number of ether oxygens (including phenoxy) is 2. The molecule has 1 aromatic carbocycles. The maximum atomic E-state index is 5.83. The van der Waals surface area contributed by atoms with Gasteiger partial charge in [0.1, 0.15) is 0 Å².